The summed E-state index contributed by atoms with van der Waals surface area (Å²) in [5, 5.41) is 13.3. The van der Waals surface area contributed by atoms with Crippen molar-refractivity contribution in [2.24, 2.45) is 5.92 Å². The molecule has 1 N–H and O–H groups in total. The smallest absolute Gasteiger partial charge is 0.268 e. The Hall–Kier alpha value is -2.28. The second-order valence-corrected chi connectivity index (χ2v) is 6.48. The van der Waals surface area contributed by atoms with Gasteiger partial charge in [-0.25, -0.2) is 0 Å². The highest BCUT2D eigenvalue weighted by Gasteiger charge is 2.24. The number of rotatable bonds is 2. The molecule has 0 saturated carbocycles. The molecule has 0 fully saturated rings. The van der Waals surface area contributed by atoms with Crippen LogP contribution in [0.4, 0.5) is 0 Å². The third kappa shape index (κ3) is 2.27. The van der Waals surface area contributed by atoms with Gasteiger partial charge in [0.1, 0.15) is 5.69 Å². The van der Waals surface area contributed by atoms with Gasteiger partial charge in [0, 0.05) is 18.5 Å². The largest absolute Gasteiger partial charge is 0.351 e. The van der Waals surface area contributed by atoms with Gasteiger partial charge in [-0.15, -0.1) is 0 Å². The highest BCUT2D eigenvalue weighted by atomic mass is 16.2. The fourth-order valence-electron chi connectivity index (χ4n) is 3.44. The zero-order chi connectivity index (χ0) is 15.9. The van der Waals surface area contributed by atoms with E-state index < -0.39 is 0 Å². The van der Waals surface area contributed by atoms with E-state index in [1.807, 2.05) is 19.1 Å². The van der Waals surface area contributed by atoms with E-state index in [9.17, 15) is 10.1 Å². The van der Waals surface area contributed by atoms with Crippen LogP contribution in [0, 0.1) is 24.2 Å². The number of benzene rings is 1. The maximum absolute atomic E-state index is 12.4. The van der Waals surface area contributed by atoms with Crippen molar-refractivity contribution in [1.82, 2.24) is 9.88 Å². The van der Waals surface area contributed by atoms with Gasteiger partial charge in [0.2, 0.25) is 0 Å². The van der Waals surface area contributed by atoms with Crippen molar-refractivity contribution in [3.05, 3.63) is 34.5 Å². The van der Waals surface area contributed by atoms with Gasteiger partial charge in [0.15, 0.2) is 0 Å². The van der Waals surface area contributed by atoms with Gasteiger partial charge in [-0.1, -0.05) is 13.8 Å². The van der Waals surface area contributed by atoms with Crippen LogP contribution in [-0.4, -0.2) is 17.0 Å². The summed E-state index contributed by atoms with van der Waals surface area (Å²) in [6.45, 7) is 7.90. The number of nitrogens with one attached hydrogen (secondary N) is 1. The Balaban J connectivity index is 2.36. The van der Waals surface area contributed by atoms with Crippen LogP contribution in [0.25, 0.3) is 10.9 Å². The van der Waals surface area contributed by atoms with Crippen LogP contribution >= 0.6 is 0 Å². The van der Waals surface area contributed by atoms with Crippen molar-refractivity contribution in [3.63, 3.8) is 0 Å². The first-order valence-electron chi connectivity index (χ1n) is 7.87. The van der Waals surface area contributed by atoms with Crippen molar-refractivity contribution in [2.75, 3.05) is 6.54 Å². The van der Waals surface area contributed by atoms with E-state index >= 15 is 0 Å². The molecule has 0 saturated heterocycles. The third-order valence-corrected chi connectivity index (χ3v) is 4.30. The molecule has 114 valence electrons. The van der Waals surface area contributed by atoms with Crippen LogP contribution < -0.4 is 5.32 Å². The molecule has 0 atom stereocenters. The van der Waals surface area contributed by atoms with Crippen molar-refractivity contribution < 1.29 is 4.79 Å². The summed E-state index contributed by atoms with van der Waals surface area (Å²) in [5.41, 5.74) is 4.72. The molecule has 1 aromatic heterocycles. The summed E-state index contributed by atoms with van der Waals surface area (Å²) in [5.74, 6) is 0.503. The van der Waals surface area contributed by atoms with Crippen molar-refractivity contribution in [1.29, 1.82) is 5.26 Å². The first-order valence-corrected chi connectivity index (χ1v) is 7.87. The number of fused-ring (bicyclic) bond motifs is 3. The number of aryl methyl sites for hydroxylation is 2. The lowest BCUT2D eigenvalue weighted by Crippen LogP contribution is -2.23. The molecule has 0 spiro atoms. The standard InChI is InChI=1S/C18H21N3O/c1-11(2)7-14-8-13(10-19)9-15-12(3)16-18(22)20-5-4-6-21(16)17(14)15/h8-9,11H,4-7H2,1-3H3,(H,20,22). The van der Waals surface area contributed by atoms with E-state index in [4.69, 9.17) is 0 Å². The van der Waals surface area contributed by atoms with Crippen LogP contribution in [0.2, 0.25) is 0 Å². The summed E-state index contributed by atoms with van der Waals surface area (Å²) in [4.78, 5) is 12.4. The van der Waals surface area contributed by atoms with E-state index in [-0.39, 0.29) is 5.91 Å². The topological polar surface area (TPSA) is 57.8 Å². The van der Waals surface area contributed by atoms with Gasteiger partial charge in [-0.3, -0.25) is 4.79 Å². The molecule has 0 radical (unpaired) electrons. The summed E-state index contributed by atoms with van der Waals surface area (Å²) in [6.07, 6.45) is 1.85. The summed E-state index contributed by atoms with van der Waals surface area (Å²) in [7, 11) is 0. The van der Waals surface area contributed by atoms with E-state index in [1.54, 1.807) is 0 Å². The Bertz CT molecular complexity index is 793. The fourth-order valence-corrected chi connectivity index (χ4v) is 3.44. The number of amides is 1. The number of hydrogen-bond acceptors (Lipinski definition) is 2. The Morgan fingerprint density at radius 1 is 1.41 bits per heavy atom. The normalized spacial score (nSPS) is 14.6. The van der Waals surface area contributed by atoms with Gasteiger partial charge < -0.3 is 9.88 Å². The molecule has 0 unspecified atom stereocenters. The van der Waals surface area contributed by atoms with Gasteiger partial charge in [-0.2, -0.15) is 5.26 Å². The van der Waals surface area contributed by atoms with Crippen molar-refractivity contribution in [2.45, 2.75) is 40.2 Å². The van der Waals surface area contributed by atoms with Crippen molar-refractivity contribution >= 4 is 16.8 Å². The van der Waals surface area contributed by atoms with Crippen LogP contribution in [0.5, 0.6) is 0 Å². The van der Waals surface area contributed by atoms with Crippen LogP contribution in [0.15, 0.2) is 12.1 Å². The highest BCUT2D eigenvalue weighted by Crippen LogP contribution is 2.32. The van der Waals surface area contributed by atoms with E-state index in [1.165, 1.54) is 5.56 Å². The quantitative estimate of drug-likeness (QED) is 0.925. The monoisotopic (exact) mass is 295 g/mol. The summed E-state index contributed by atoms with van der Waals surface area (Å²) < 4.78 is 2.16. The van der Waals surface area contributed by atoms with E-state index in [0.29, 0.717) is 11.5 Å². The summed E-state index contributed by atoms with van der Waals surface area (Å²) in [6, 6.07) is 6.16. The fraction of sp³-hybridized carbons (Fsp3) is 0.444. The molecular formula is C18H21N3O. The molecule has 4 nitrogen and oxygen atoms in total. The summed E-state index contributed by atoms with van der Waals surface area (Å²) >= 11 is 0. The predicted molar refractivity (Wildman–Crippen MR) is 86.9 cm³/mol. The highest BCUT2D eigenvalue weighted by molar-refractivity contribution is 6.03. The lowest BCUT2D eigenvalue weighted by molar-refractivity contribution is 0.0951. The first kappa shape index (κ1) is 14.6. The predicted octanol–water partition coefficient (Wildman–Crippen LogP) is 3.15. The van der Waals surface area contributed by atoms with Crippen LogP contribution in [0.3, 0.4) is 0 Å². The van der Waals surface area contributed by atoms with Gasteiger partial charge >= 0.3 is 0 Å². The lowest BCUT2D eigenvalue weighted by atomic mass is 9.97. The molecule has 2 heterocycles. The maximum Gasteiger partial charge on any atom is 0.268 e. The molecule has 1 aliphatic heterocycles. The SMILES string of the molecule is Cc1c2n(c3c(CC(C)C)cc(C#N)cc13)CCCNC2=O. The van der Waals surface area contributed by atoms with Gasteiger partial charge in [0.25, 0.3) is 5.91 Å². The molecule has 0 aliphatic carbocycles. The molecule has 3 rings (SSSR count). The minimum Gasteiger partial charge on any atom is -0.351 e. The minimum absolute atomic E-state index is 0.000189. The number of carbonyl (C=O) groups is 1. The van der Waals surface area contributed by atoms with E-state index in [0.717, 1.165) is 48.1 Å². The molecule has 1 aromatic carbocycles. The molecule has 4 heteroatoms. The maximum atomic E-state index is 12.4. The number of aromatic nitrogens is 1. The molecule has 1 amide bonds. The number of nitrogens with zero attached hydrogens (tertiary/aromatic N) is 2. The minimum atomic E-state index is 0.000189. The zero-order valence-corrected chi connectivity index (χ0v) is 13.4. The second kappa shape index (κ2) is 5.49. The molecular weight excluding hydrogens is 274 g/mol. The van der Waals surface area contributed by atoms with Gasteiger partial charge in [0.05, 0.1) is 17.1 Å². The number of hydrogen-bond donors (Lipinski definition) is 1. The molecule has 0 bridgehead atoms. The first-order chi connectivity index (χ1) is 10.5. The number of carbonyl (C=O) groups excluding carboxylic acids is 1. The average Bonchev–Trinajstić information content (AvgIpc) is 2.62. The van der Waals surface area contributed by atoms with E-state index in [2.05, 4.69) is 29.8 Å². The van der Waals surface area contributed by atoms with Crippen LogP contribution in [-0.2, 0) is 13.0 Å². The molecule has 22 heavy (non-hydrogen) atoms. The zero-order valence-electron chi connectivity index (χ0n) is 13.4. The average molecular weight is 295 g/mol. The second-order valence-electron chi connectivity index (χ2n) is 6.48. The molecule has 1 aliphatic rings. The Labute approximate surface area is 130 Å². The Morgan fingerprint density at radius 3 is 2.86 bits per heavy atom. The lowest BCUT2D eigenvalue weighted by Gasteiger charge is -2.12. The third-order valence-electron chi connectivity index (χ3n) is 4.30. The van der Waals surface area contributed by atoms with Gasteiger partial charge in [-0.05, 0) is 48.9 Å². The number of nitriles is 1. The Morgan fingerprint density at radius 2 is 2.18 bits per heavy atom. The van der Waals surface area contributed by atoms with Crippen LogP contribution in [0.1, 0.15) is 47.4 Å². The van der Waals surface area contributed by atoms with Crippen molar-refractivity contribution in [3.8, 4) is 6.07 Å². The Kier molecular flexibility index (Phi) is 3.66. The molecule has 2 aromatic rings.